The van der Waals surface area contributed by atoms with E-state index in [4.69, 9.17) is 0 Å². The Kier molecular flexibility index (Phi) is 6.43. The number of sulfone groups is 1. The van der Waals surface area contributed by atoms with Crippen molar-refractivity contribution in [1.29, 1.82) is 0 Å². The average molecular weight is 420 g/mol. The van der Waals surface area contributed by atoms with Gasteiger partial charge in [0.2, 0.25) is 0 Å². The zero-order valence-electron chi connectivity index (χ0n) is 17.7. The fraction of sp³-hybridized carbons (Fsp3) is 0.524. The van der Waals surface area contributed by atoms with E-state index in [0.717, 1.165) is 34.0 Å². The topological polar surface area (TPSA) is 85.5 Å². The van der Waals surface area contributed by atoms with Gasteiger partial charge in [-0.3, -0.25) is 9.48 Å². The van der Waals surface area contributed by atoms with Crippen molar-refractivity contribution < 1.29 is 18.1 Å². The molecule has 2 heterocycles. The Balaban J connectivity index is 1.61. The molecule has 7 nitrogen and oxygen atoms in total. The monoisotopic (exact) mass is 419 g/mol. The molecule has 2 atom stereocenters. The highest BCUT2D eigenvalue weighted by Crippen LogP contribution is 2.26. The van der Waals surface area contributed by atoms with Crippen LogP contribution in [0.4, 0.5) is 5.69 Å². The highest BCUT2D eigenvalue weighted by molar-refractivity contribution is 7.91. The fourth-order valence-corrected chi connectivity index (χ4v) is 5.64. The smallest absolute Gasteiger partial charge is 0.279 e. The number of nitrogens with one attached hydrogen (secondary N) is 2. The number of aryl methyl sites for hydroxylation is 2. The first kappa shape index (κ1) is 21.5. The fourth-order valence-electron chi connectivity index (χ4n) is 3.94. The lowest BCUT2D eigenvalue weighted by Crippen LogP contribution is -3.08. The summed E-state index contributed by atoms with van der Waals surface area (Å²) in [5.41, 5.74) is 5.04. The van der Waals surface area contributed by atoms with Crippen LogP contribution in [0, 0.1) is 13.8 Å². The molecule has 1 aromatic heterocycles. The first-order chi connectivity index (χ1) is 13.7. The predicted molar refractivity (Wildman–Crippen MR) is 114 cm³/mol. The summed E-state index contributed by atoms with van der Waals surface area (Å²) in [7, 11) is -0.974. The third kappa shape index (κ3) is 5.25. The van der Waals surface area contributed by atoms with Gasteiger partial charge >= 0.3 is 0 Å². The summed E-state index contributed by atoms with van der Waals surface area (Å²) in [6.45, 7) is 7.05. The van der Waals surface area contributed by atoms with Crippen LogP contribution in [0.5, 0.6) is 0 Å². The van der Waals surface area contributed by atoms with Gasteiger partial charge in [0.25, 0.3) is 5.91 Å². The number of quaternary nitrogens is 1. The average Bonchev–Trinajstić information content (AvgIpc) is 3.15. The van der Waals surface area contributed by atoms with Gasteiger partial charge in [-0.1, -0.05) is 19.1 Å². The van der Waals surface area contributed by atoms with Gasteiger partial charge in [-0.25, -0.2) is 8.42 Å². The standard InChI is InChI=1S/C21H30N4O3S/c1-5-17-6-8-18(9-7-17)22-21(26)13-24(4)12-20-15(2)23-25(16(20)3)19-10-11-29(27,28)14-19/h6-9,19H,5,10-14H2,1-4H3,(H,22,26)/p+1/t19-/m0/s1. The number of likely N-dealkylation sites (N-methyl/N-ethyl adjacent to an activating group) is 1. The van der Waals surface area contributed by atoms with Crippen LogP contribution in [-0.4, -0.2) is 49.2 Å². The van der Waals surface area contributed by atoms with Crippen LogP contribution < -0.4 is 10.2 Å². The second-order valence-electron chi connectivity index (χ2n) is 8.06. The molecular weight excluding hydrogens is 388 g/mol. The molecule has 1 amide bonds. The number of hydrogen-bond acceptors (Lipinski definition) is 4. The number of anilines is 1. The van der Waals surface area contributed by atoms with Crippen LogP contribution in [0.25, 0.3) is 0 Å². The molecule has 1 unspecified atom stereocenters. The van der Waals surface area contributed by atoms with Crippen LogP contribution in [0.1, 0.15) is 41.9 Å². The number of carbonyl (C=O) groups excluding carboxylic acids is 1. The maximum Gasteiger partial charge on any atom is 0.279 e. The van der Waals surface area contributed by atoms with E-state index in [-0.39, 0.29) is 23.5 Å². The molecule has 0 bridgehead atoms. The molecule has 1 fully saturated rings. The number of hydrogen-bond donors (Lipinski definition) is 2. The van der Waals surface area contributed by atoms with Gasteiger partial charge < -0.3 is 10.2 Å². The van der Waals surface area contributed by atoms with Crippen molar-refractivity contribution in [2.24, 2.45) is 0 Å². The Labute approximate surface area is 173 Å². The Hall–Kier alpha value is -2.19. The number of rotatable bonds is 7. The molecule has 158 valence electrons. The lowest BCUT2D eigenvalue weighted by atomic mass is 10.1. The van der Waals surface area contributed by atoms with Crippen molar-refractivity contribution in [2.45, 2.75) is 46.2 Å². The number of carbonyl (C=O) groups is 1. The number of benzene rings is 1. The van der Waals surface area contributed by atoms with Gasteiger partial charge in [0.1, 0.15) is 6.54 Å². The lowest BCUT2D eigenvalue weighted by molar-refractivity contribution is -0.885. The van der Waals surface area contributed by atoms with Crippen molar-refractivity contribution in [3.05, 3.63) is 46.8 Å². The van der Waals surface area contributed by atoms with Gasteiger partial charge in [0, 0.05) is 11.4 Å². The van der Waals surface area contributed by atoms with E-state index in [2.05, 4.69) is 17.3 Å². The molecule has 2 N–H and O–H groups in total. The summed E-state index contributed by atoms with van der Waals surface area (Å²) in [6.07, 6.45) is 1.59. The molecule has 0 aliphatic carbocycles. The molecule has 29 heavy (non-hydrogen) atoms. The summed E-state index contributed by atoms with van der Waals surface area (Å²) in [4.78, 5) is 13.5. The van der Waals surface area contributed by atoms with Crippen LogP contribution in [0.3, 0.4) is 0 Å². The van der Waals surface area contributed by atoms with Crippen LogP contribution >= 0.6 is 0 Å². The molecule has 1 aromatic carbocycles. The summed E-state index contributed by atoms with van der Waals surface area (Å²) in [5.74, 6) is 0.364. The highest BCUT2D eigenvalue weighted by Gasteiger charge is 2.31. The minimum atomic E-state index is -2.96. The summed E-state index contributed by atoms with van der Waals surface area (Å²) < 4.78 is 25.5. The van der Waals surface area contributed by atoms with E-state index >= 15 is 0 Å². The zero-order valence-corrected chi connectivity index (χ0v) is 18.5. The normalized spacial score (nSPS) is 19.2. The van der Waals surface area contributed by atoms with E-state index in [9.17, 15) is 13.2 Å². The van der Waals surface area contributed by atoms with Crippen molar-refractivity contribution in [3.8, 4) is 0 Å². The van der Waals surface area contributed by atoms with Gasteiger partial charge in [0.15, 0.2) is 16.4 Å². The van der Waals surface area contributed by atoms with E-state index < -0.39 is 9.84 Å². The second kappa shape index (κ2) is 8.67. The van der Waals surface area contributed by atoms with E-state index in [1.54, 1.807) is 0 Å². The van der Waals surface area contributed by atoms with Crippen LogP contribution in [0.15, 0.2) is 24.3 Å². The maximum absolute atomic E-state index is 12.4. The quantitative estimate of drug-likeness (QED) is 0.703. The van der Waals surface area contributed by atoms with Crippen molar-refractivity contribution in [3.63, 3.8) is 0 Å². The van der Waals surface area contributed by atoms with Gasteiger partial charge in [-0.2, -0.15) is 5.10 Å². The minimum Gasteiger partial charge on any atom is -0.326 e. The second-order valence-corrected chi connectivity index (χ2v) is 10.3. The Bertz CT molecular complexity index is 980. The van der Waals surface area contributed by atoms with Gasteiger partial charge in [-0.15, -0.1) is 0 Å². The van der Waals surface area contributed by atoms with Crippen LogP contribution in [0.2, 0.25) is 0 Å². The van der Waals surface area contributed by atoms with Gasteiger partial charge in [-0.05, 0) is 44.4 Å². The lowest BCUT2D eigenvalue weighted by Gasteiger charge is -2.15. The van der Waals surface area contributed by atoms with E-state index in [1.807, 2.05) is 49.8 Å². The number of nitrogens with zero attached hydrogens (tertiary/aromatic N) is 2. The highest BCUT2D eigenvalue weighted by atomic mass is 32.2. The molecule has 0 spiro atoms. The molecule has 3 rings (SSSR count). The van der Waals surface area contributed by atoms with Crippen molar-refractivity contribution in [1.82, 2.24) is 9.78 Å². The molecule has 1 aliphatic heterocycles. The number of aromatic nitrogens is 2. The Morgan fingerprint density at radius 3 is 2.55 bits per heavy atom. The predicted octanol–water partition coefficient (Wildman–Crippen LogP) is 1.08. The number of amides is 1. The van der Waals surface area contributed by atoms with Crippen molar-refractivity contribution >= 4 is 21.4 Å². The molecule has 8 heteroatoms. The van der Waals surface area contributed by atoms with Crippen LogP contribution in [-0.2, 0) is 27.6 Å². The van der Waals surface area contributed by atoms with Crippen molar-refractivity contribution in [2.75, 3.05) is 30.4 Å². The molecule has 1 aliphatic rings. The molecule has 0 radical (unpaired) electrons. The van der Waals surface area contributed by atoms with E-state index in [0.29, 0.717) is 19.5 Å². The zero-order chi connectivity index (χ0) is 21.2. The SMILES string of the molecule is CCc1ccc(NC(=O)C[NH+](C)Cc2c(C)nn([C@H]3CCS(=O)(=O)C3)c2C)cc1. The third-order valence-corrected chi connectivity index (χ3v) is 7.37. The molecular formula is C21H31N4O3S+. The first-order valence-electron chi connectivity index (χ1n) is 10.1. The minimum absolute atomic E-state index is 0.0312. The van der Waals surface area contributed by atoms with Gasteiger partial charge in [0.05, 0.1) is 35.9 Å². The summed E-state index contributed by atoms with van der Waals surface area (Å²) in [5, 5.41) is 7.56. The summed E-state index contributed by atoms with van der Waals surface area (Å²) >= 11 is 0. The molecule has 2 aromatic rings. The third-order valence-electron chi connectivity index (χ3n) is 5.62. The molecule has 0 saturated carbocycles. The largest absolute Gasteiger partial charge is 0.326 e. The summed E-state index contributed by atoms with van der Waals surface area (Å²) in [6, 6.07) is 7.83. The first-order valence-corrected chi connectivity index (χ1v) is 12.0. The Morgan fingerprint density at radius 2 is 1.97 bits per heavy atom. The van der Waals surface area contributed by atoms with E-state index in [1.165, 1.54) is 5.56 Å². The Morgan fingerprint density at radius 1 is 1.28 bits per heavy atom. The maximum atomic E-state index is 12.4. The molecule has 1 saturated heterocycles.